The van der Waals surface area contributed by atoms with Gasteiger partial charge in [0.15, 0.2) is 0 Å². The van der Waals surface area contributed by atoms with Crippen molar-refractivity contribution in [1.29, 1.82) is 0 Å². The second-order valence-corrected chi connectivity index (χ2v) is 13.4. The second kappa shape index (κ2) is 11.8. The molecule has 8 nitrogen and oxygen atoms in total. The van der Waals surface area contributed by atoms with Crippen LogP contribution in [0.4, 0.5) is 0 Å². The lowest BCUT2D eigenvalue weighted by Gasteiger charge is -2.39. The molecule has 2 fully saturated rings. The molecule has 0 spiro atoms. The first-order valence-corrected chi connectivity index (χ1v) is 15.0. The van der Waals surface area contributed by atoms with Gasteiger partial charge in [-0.2, -0.15) is 0 Å². The van der Waals surface area contributed by atoms with Crippen molar-refractivity contribution >= 4 is 11.8 Å². The molecule has 2 aromatic rings. The minimum Gasteiger partial charge on any atom is -0.392 e. The Bertz CT molecular complexity index is 1230. The lowest BCUT2D eigenvalue weighted by Crippen LogP contribution is -2.61. The summed E-state index contributed by atoms with van der Waals surface area (Å²) in [5, 5.41) is 17.8. The molecule has 222 valence electrons. The van der Waals surface area contributed by atoms with E-state index in [9.17, 15) is 14.7 Å². The van der Waals surface area contributed by atoms with Gasteiger partial charge in [0.2, 0.25) is 11.8 Å². The molecule has 0 radical (unpaired) electrons. The number of carbonyl (C=O) groups excluding carboxylic acids is 2. The van der Waals surface area contributed by atoms with E-state index in [4.69, 9.17) is 4.74 Å². The summed E-state index contributed by atoms with van der Waals surface area (Å²) >= 11 is 0. The SMILES string of the molecule is CC(C)(C)NC(=O)C1CNCCN1CC(O)CC(Cc1ccccc1)C(=O)N1C2c3ccccc3CC2OC1(C)C. The molecule has 2 amide bonds. The molecule has 0 aromatic heterocycles. The van der Waals surface area contributed by atoms with E-state index in [1.165, 1.54) is 5.56 Å². The Kier molecular flexibility index (Phi) is 8.58. The first kappa shape index (κ1) is 29.7. The van der Waals surface area contributed by atoms with E-state index < -0.39 is 17.7 Å². The highest BCUT2D eigenvalue weighted by Gasteiger charge is 2.54. The zero-order chi connectivity index (χ0) is 29.4. The smallest absolute Gasteiger partial charge is 0.239 e. The summed E-state index contributed by atoms with van der Waals surface area (Å²) in [5.74, 6) is -0.480. The van der Waals surface area contributed by atoms with E-state index in [1.807, 2.05) is 82.0 Å². The molecule has 5 unspecified atom stereocenters. The molecular weight excluding hydrogens is 516 g/mol. The normalized spacial score (nSPS) is 25.3. The van der Waals surface area contributed by atoms with Crippen molar-refractivity contribution in [1.82, 2.24) is 20.4 Å². The monoisotopic (exact) mass is 562 g/mol. The molecule has 2 saturated heterocycles. The van der Waals surface area contributed by atoms with Crippen molar-refractivity contribution in [2.75, 3.05) is 26.2 Å². The van der Waals surface area contributed by atoms with Crippen LogP contribution in [0, 0.1) is 5.92 Å². The summed E-state index contributed by atoms with van der Waals surface area (Å²) in [6, 6.07) is 17.8. The number of piperazine rings is 1. The van der Waals surface area contributed by atoms with E-state index in [-0.39, 0.29) is 35.5 Å². The van der Waals surface area contributed by atoms with Crippen LogP contribution in [0.25, 0.3) is 0 Å². The summed E-state index contributed by atoms with van der Waals surface area (Å²) in [4.78, 5) is 31.6. The number of aliphatic hydroxyl groups excluding tert-OH is 1. The average Bonchev–Trinajstić information content (AvgIpc) is 3.37. The number of fused-ring (bicyclic) bond motifs is 3. The van der Waals surface area contributed by atoms with Crippen LogP contribution >= 0.6 is 0 Å². The fourth-order valence-electron chi connectivity index (χ4n) is 6.83. The number of aliphatic hydroxyl groups is 1. The quantitative estimate of drug-likeness (QED) is 0.458. The Balaban J connectivity index is 1.36. The van der Waals surface area contributed by atoms with Crippen LogP contribution in [0.2, 0.25) is 0 Å². The number of hydrogen-bond donors (Lipinski definition) is 3. The van der Waals surface area contributed by atoms with Gasteiger partial charge in [0.1, 0.15) is 11.8 Å². The first-order valence-electron chi connectivity index (χ1n) is 15.0. The molecule has 2 aliphatic heterocycles. The lowest BCUT2D eigenvalue weighted by atomic mass is 9.90. The van der Waals surface area contributed by atoms with E-state index in [0.29, 0.717) is 32.5 Å². The molecule has 0 bridgehead atoms. The number of hydrogen-bond acceptors (Lipinski definition) is 6. The van der Waals surface area contributed by atoms with E-state index >= 15 is 0 Å². The van der Waals surface area contributed by atoms with Gasteiger partial charge in [-0.15, -0.1) is 0 Å². The van der Waals surface area contributed by atoms with Crippen molar-refractivity contribution in [2.45, 2.75) is 89.4 Å². The molecule has 1 aliphatic carbocycles. The van der Waals surface area contributed by atoms with Gasteiger partial charge in [-0.1, -0.05) is 54.6 Å². The van der Waals surface area contributed by atoms with Crippen LogP contribution in [0.5, 0.6) is 0 Å². The predicted octanol–water partition coefficient (Wildman–Crippen LogP) is 3.05. The Morgan fingerprint density at radius 2 is 1.83 bits per heavy atom. The molecule has 0 saturated carbocycles. The minimum absolute atomic E-state index is 0.00411. The third-order valence-corrected chi connectivity index (χ3v) is 8.51. The molecule has 5 rings (SSSR count). The molecule has 3 aliphatic rings. The summed E-state index contributed by atoms with van der Waals surface area (Å²) < 4.78 is 6.48. The molecule has 41 heavy (non-hydrogen) atoms. The third-order valence-electron chi connectivity index (χ3n) is 8.51. The summed E-state index contributed by atoms with van der Waals surface area (Å²) in [5.41, 5.74) is 2.35. The van der Waals surface area contributed by atoms with Crippen molar-refractivity contribution in [3.8, 4) is 0 Å². The van der Waals surface area contributed by atoms with Crippen LogP contribution in [0.15, 0.2) is 54.6 Å². The fourth-order valence-corrected chi connectivity index (χ4v) is 6.83. The summed E-state index contributed by atoms with van der Waals surface area (Å²) in [6.07, 6.45) is 0.779. The zero-order valence-electron chi connectivity index (χ0n) is 25.1. The van der Waals surface area contributed by atoms with Gasteiger partial charge in [-0.05, 0) is 64.2 Å². The Morgan fingerprint density at radius 1 is 1.12 bits per heavy atom. The summed E-state index contributed by atoms with van der Waals surface area (Å²) in [7, 11) is 0. The Labute approximate surface area is 244 Å². The van der Waals surface area contributed by atoms with Crippen LogP contribution in [-0.4, -0.2) is 82.4 Å². The third kappa shape index (κ3) is 6.67. The van der Waals surface area contributed by atoms with Crippen molar-refractivity contribution < 1.29 is 19.4 Å². The zero-order valence-corrected chi connectivity index (χ0v) is 25.1. The van der Waals surface area contributed by atoms with Gasteiger partial charge in [0.05, 0.1) is 18.2 Å². The van der Waals surface area contributed by atoms with E-state index in [1.54, 1.807) is 0 Å². The maximum Gasteiger partial charge on any atom is 0.239 e. The predicted molar refractivity (Wildman–Crippen MR) is 159 cm³/mol. The van der Waals surface area contributed by atoms with Crippen molar-refractivity contribution in [3.05, 3.63) is 71.3 Å². The van der Waals surface area contributed by atoms with Crippen molar-refractivity contribution in [3.63, 3.8) is 0 Å². The number of nitrogens with zero attached hydrogens (tertiary/aromatic N) is 2. The van der Waals surface area contributed by atoms with Crippen LogP contribution < -0.4 is 10.6 Å². The molecule has 8 heteroatoms. The van der Waals surface area contributed by atoms with Crippen LogP contribution in [0.3, 0.4) is 0 Å². The molecule has 2 heterocycles. The van der Waals surface area contributed by atoms with E-state index in [2.05, 4.69) is 27.7 Å². The maximum absolute atomic E-state index is 14.5. The highest BCUT2D eigenvalue weighted by atomic mass is 16.5. The highest BCUT2D eigenvalue weighted by molar-refractivity contribution is 5.83. The van der Waals surface area contributed by atoms with Gasteiger partial charge in [-0.3, -0.25) is 14.5 Å². The number of benzene rings is 2. The Hall–Kier alpha value is -2.78. The molecular formula is C33H46N4O4. The van der Waals surface area contributed by atoms with Gasteiger partial charge in [0, 0.05) is 44.1 Å². The molecule has 2 aromatic carbocycles. The molecule has 3 N–H and O–H groups in total. The lowest BCUT2D eigenvalue weighted by molar-refractivity contribution is -0.153. The van der Waals surface area contributed by atoms with Crippen LogP contribution in [0.1, 0.15) is 63.8 Å². The second-order valence-electron chi connectivity index (χ2n) is 13.4. The van der Waals surface area contributed by atoms with Gasteiger partial charge in [0.25, 0.3) is 0 Å². The topological polar surface area (TPSA) is 94.1 Å². The fraction of sp³-hybridized carbons (Fsp3) is 0.576. The number of rotatable bonds is 8. The van der Waals surface area contributed by atoms with Crippen LogP contribution in [-0.2, 0) is 27.2 Å². The largest absolute Gasteiger partial charge is 0.392 e. The number of carbonyl (C=O) groups is 2. The van der Waals surface area contributed by atoms with Gasteiger partial charge >= 0.3 is 0 Å². The summed E-state index contributed by atoms with van der Waals surface area (Å²) in [6.45, 7) is 12.1. The van der Waals surface area contributed by atoms with E-state index in [0.717, 1.165) is 24.1 Å². The van der Waals surface area contributed by atoms with Gasteiger partial charge in [-0.25, -0.2) is 0 Å². The number of nitrogens with one attached hydrogen (secondary N) is 2. The minimum atomic E-state index is -0.769. The first-order chi connectivity index (χ1) is 19.4. The maximum atomic E-state index is 14.5. The number of ether oxygens (including phenoxy) is 1. The number of β-amino-alcohol motifs (C(OH)–C–C–N with tert-alkyl or cyclic N) is 1. The molecule has 5 atom stereocenters. The standard InChI is InChI=1S/C33H46N4O4/c1-32(2,3)35-30(39)27-20-34-15-16-36(27)21-25(38)18-24(17-22-11-7-6-8-12-22)31(40)37-29-26-14-10-9-13-23(26)19-28(29)41-33(37,4)5/h6-14,24-25,27-29,34,38H,15-21H2,1-5H3,(H,35,39). The number of amides is 2. The average molecular weight is 563 g/mol. The highest BCUT2D eigenvalue weighted by Crippen LogP contribution is 2.49. The van der Waals surface area contributed by atoms with Gasteiger partial charge < -0.3 is 25.4 Å². The van der Waals surface area contributed by atoms with Crippen molar-refractivity contribution in [2.24, 2.45) is 5.92 Å². The Morgan fingerprint density at radius 3 is 2.56 bits per heavy atom.